The monoisotopic (exact) mass is 87.1 g/mol. The second-order valence-electron chi connectivity index (χ2n) is 1.49. The molecule has 0 saturated heterocycles. The van der Waals surface area contributed by atoms with E-state index in [2.05, 4.69) is 6.92 Å². The van der Waals surface area contributed by atoms with Gasteiger partial charge in [0.15, 0.2) is 0 Å². The Kier molecular flexibility index (Phi) is 3.14. The Morgan fingerprint density at radius 3 is 2.33 bits per heavy atom. The van der Waals surface area contributed by atoms with E-state index in [0.717, 1.165) is 12.8 Å². The predicted octanol–water partition coefficient (Wildman–Crippen LogP) is 0.981. The molecule has 0 rings (SSSR count). The first kappa shape index (κ1) is 5.96. The summed E-state index contributed by atoms with van der Waals surface area (Å²) >= 11 is 0. The van der Waals surface area contributed by atoms with Gasteiger partial charge in [0.05, 0.1) is 6.10 Å². The summed E-state index contributed by atoms with van der Waals surface area (Å²) in [4.78, 5) is 0. The van der Waals surface area contributed by atoms with E-state index in [9.17, 15) is 0 Å². The minimum atomic E-state index is -0.164. The standard InChI is InChI=1S/C5H11O/c1-3-4-5(2)6/h5-6H,1,3-4H2,2H3/t5-/m0/s1. The number of rotatable bonds is 2. The van der Waals surface area contributed by atoms with E-state index in [4.69, 9.17) is 5.11 Å². The lowest BCUT2D eigenvalue weighted by atomic mass is 10.2. The van der Waals surface area contributed by atoms with Crippen molar-refractivity contribution >= 4 is 0 Å². The lowest BCUT2D eigenvalue weighted by molar-refractivity contribution is 0.185. The first-order chi connectivity index (χ1) is 2.77. The molecule has 0 aromatic rings. The molecular formula is C5H11O. The molecule has 1 radical (unpaired) electrons. The summed E-state index contributed by atoms with van der Waals surface area (Å²) in [6.45, 7) is 5.33. The highest BCUT2D eigenvalue weighted by Crippen LogP contribution is 1.90. The van der Waals surface area contributed by atoms with Gasteiger partial charge in [-0.25, -0.2) is 0 Å². The summed E-state index contributed by atoms with van der Waals surface area (Å²) in [5.74, 6) is 0. The summed E-state index contributed by atoms with van der Waals surface area (Å²) in [7, 11) is 0. The molecule has 6 heavy (non-hydrogen) atoms. The molecule has 0 aliphatic carbocycles. The van der Waals surface area contributed by atoms with E-state index < -0.39 is 0 Å². The summed E-state index contributed by atoms with van der Waals surface area (Å²) in [6, 6.07) is 0. The lowest BCUT2D eigenvalue weighted by Crippen LogP contribution is -1.96. The fourth-order valence-corrected chi connectivity index (χ4v) is 0.295. The van der Waals surface area contributed by atoms with Gasteiger partial charge in [0.25, 0.3) is 0 Å². The summed E-state index contributed by atoms with van der Waals surface area (Å²) in [5.41, 5.74) is 0. The lowest BCUT2D eigenvalue weighted by Gasteiger charge is -1.95. The maximum Gasteiger partial charge on any atom is 0.0512 e. The van der Waals surface area contributed by atoms with Crippen molar-refractivity contribution in [2.75, 3.05) is 0 Å². The molecule has 37 valence electrons. The molecule has 1 N–H and O–H groups in total. The molecule has 0 saturated carbocycles. The molecule has 0 aromatic heterocycles. The van der Waals surface area contributed by atoms with Crippen molar-refractivity contribution in [3.8, 4) is 0 Å². The molecule has 0 bridgehead atoms. The van der Waals surface area contributed by atoms with Crippen molar-refractivity contribution in [3.63, 3.8) is 0 Å². The average Bonchev–Trinajstić information content (AvgIpc) is 1.35. The molecule has 0 heterocycles. The Labute approximate surface area is 39.0 Å². The fourth-order valence-electron chi connectivity index (χ4n) is 0.295. The summed E-state index contributed by atoms with van der Waals surface area (Å²) in [5, 5.41) is 8.51. The molecule has 0 aliphatic rings. The van der Waals surface area contributed by atoms with Crippen molar-refractivity contribution in [1.82, 2.24) is 0 Å². The Hall–Kier alpha value is -0.0400. The molecule has 0 fully saturated rings. The van der Waals surface area contributed by atoms with Gasteiger partial charge < -0.3 is 5.11 Å². The topological polar surface area (TPSA) is 20.2 Å². The summed E-state index contributed by atoms with van der Waals surface area (Å²) < 4.78 is 0. The van der Waals surface area contributed by atoms with Crippen molar-refractivity contribution < 1.29 is 5.11 Å². The van der Waals surface area contributed by atoms with Gasteiger partial charge in [-0.3, -0.25) is 0 Å². The van der Waals surface area contributed by atoms with Crippen molar-refractivity contribution in [1.29, 1.82) is 0 Å². The van der Waals surface area contributed by atoms with Gasteiger partial charge in [-0.1, -0.05) is 13.3 Å². The van der Waals surface area contributed by atoms with Crippen molar-refractivity contribution in [2.24, 2.45) is 0 Å². The average molecular weight is 87.1 g/mol. The van der Waals surface area contributed by atoms with Crippen molar-refractivity contribution in [3.05, 3.63) is 6.92 Å². The van der Waals surface area contributed by atoms with Crippen LogP contribution < -0.4 is 0 Å². The van der Waals surface area contributed by atoms with E-state index in [0.29, 0.717) is 0 Å². The van der Waals surface area contributed by atoms with Gasteiger partial charge in [-0.2, -0.15) is 0 Å². The second-order valence-corrected chi connectivity index (χ2v) is 1.49. The van der Waals surface area contributed by atoms with Crippen LogP contribution >= 0.6 is 0 Å². The Morgan fingerprint density at radius 1 is 1.83 bits per heavy atom. The first-order valence-corrected chi connectivity index (χ1v) is 2.24. The number of aliphatic hydroxyl groups is 1. The van der Waals surface area contributed by atoms with Crippen LogP contribution in [0, 0.1) is 6.92 Å². The molecule has 0 unspecified atom stereocenters. The maximum atomic E-state index is 8.51. The normalized spacial score (nSPS) is 14.5. The van der Waals surface area contributed by atoms with Gasteiger partial charge in [0.2, 0.25) is 0 Å². The van der Waals surface area contributed by atoms with Crippen LogP contribution in [0.2, 0.25) is 0 Å². The first-order valence-electron chi connectivity index (χ1n) is 2.24. The van der Waals surface area contributed by atoms with Crippen LogP contribution in [0.4, 0.5) is 0 Å². The van der Waals surface area contributed by atoms with Crippen LogP contribution in [0.5, 0.6) is 0 Å². The summed E-state index contributed by atoms with van der Waals surface area (Å²) in [6.07, 6.45) is 1.49. The SMILES string of the molecule is [CH2]CC[C@H](C)O. The van der Waals surface area contributed by atoms with E-state index in [1.54, 1.807) is 6.92 Å². The largest absolute Gasteiger partial charge is 0.393 e. The number of hydrogen-bond acceptors (Lipinski definition) is 1. The van der Waals surface area contributed by atoms with Crippen LogP contribution in [0.15, 0.2) is 0 Å². The maximum absolute atomic E-state index is 8.51. The fraction of sp³-hybridized carbons (Fsp3) is 0.800. The predicted molar refractivity (Wildman–Crippen MR) is 26.3 cm³/mol. The molecule has 1 atom stereocenters. The quantitative estimate of drug-likeness (QED) is 0.532. The second kappa shape index (κ2) is 3.16. The van der Waals surface area contributed by atoms with E-state index in [1.807, 2.05) is 0 Å². The van der Waals surface area contributed by atoms with Crippen LogP contribution in [0.3, 0.4) is 0 Å². The van der Waals surface area contributed by atoms with E-state index in [1.165, 1.54) is 0 Å². The van der Waals surface area contributed by atoms with Gasteiger partial charge in [-0.15, -0.1) is 0 Å². The van der Waals surface area contributed by atoms with Gasteiger partial charge >= 0.3 is 0 Å². The highest BCUT2D eigenvalue weighted by Gasteiger charge is 1.87. The smallest absolute Gasteiger partial charge is 0.0512 e. The zero-order valence-corrected chi connectivity index (χ0v) is 4.15. The third kappa shape index (κ3) is 3.96. The Morgan fingerprint density at radius 2 is 2.33 bits per heavy atom. The molecule has 1 heteroatoms. The number of aliphatic hydroxyl groups excluding tert-OH is 1. The van der Waals surface area contributed by atoms with E-state index >= 15 is 0 Å². The van der Waals surface area contributed by atoms with Crippen molar-refractivity contribution in [2.45, 2.75) is 25.9 Å². The highest BCUT2D eigenvalue weighted by atomic mass is 16.3. The minimum absolute atomic E-state index is 0.164. The Bertz CT molecular complexity index is 25.1. The van der Waals surface area contributed by atoms with E-state index in [-0.39, 0.29) is 6.10 Å². The third-order valence-corrected chi connectivity index (χ3v) is 0.622. The zero-order chi connectivity index (χ0) is 4.99. The van der Waals surface area contributed by atoms with Crippen LogP contribution in [0.25, 0.3) is 0 Å². The molecule has 0 aliphatic heterocycles. The minimum Gasteiger partial charge on any atom is -0.393 e. The molecule has 0 spiro atoms. The Balaban J connectivity index is 2.63. The van der Waals surface area contributed by atoms with Gasteiger partial charge in [0, 0.05) is 0 Å². The molecule has 1 nitrogen and oxygen atoms in total. The van der Waals surface area contributed by atoms with Crippen LogP contribution in [0.1, 0.15) is 19.8 Å². The highest BCUT2D eigenvalue weighted by molar-refractivity contribution is 4.46. The van der Waals surface area contributed by atoms with Crippen LogP contribution in [-0.2, 0) is 0 Å². The molecule has 0 amide bonds. The third-order valence-electron chi connectivity index (χ3n) is 0.622. The van der Waals surface area contributed by atoms with Gasteiger partial charge in [-0.05, 0) is 13.3 Å². The molecule has 0 aromatic carbocycles. The zero-order valence-electron chi connectivity index (χ0n) is 4.15. The molecular weight excluding hydrogens is 76.1 g/mol. The van der Waals surface area contributed by atoms with Crippen LogP contribution in [-0.4, -0.2) is 11.2 Å². The van der Waals surface area contributed by atoms with Gasteiger partial charge in [0.1, 0.15) is 0 Å². The number of hydrogen-bond donors (Lipinski definition) is 1.